The van der Waals surface area contributed by atoms with Gasteiger partial charge in [-0.3, -0.25) is 4.79 Å². The van der Waals surface area contributed by atoms with Crippen LogP contribution in [0.1, 0.15) is 15.9 Å². The van der Waals surface area contributed by atoms with Crippen LogP contribution < -0.4 is 10.2 Å². The summed E-state index contributed by atoms with van der Waals surface area (Å²) >= 11 is 0. The van der Waals surface area contributed by atoms with Crippen LogP contribution in [-0.4, -0.2) is 73.5 Å². The van der Waals surface area contributed by atoms with Gasteiger partial charge in [0.25, 0.3) is 5.91 Å². The molecule has 0 bridgehead atoms. The number of aliphatic hydroxyl groups excluding tert-OH is 2. The second kappa shape index (κ2) is 8.12. The van der Waals surface area contributed by atoms with Gasteiger partial charge in [0.1, 0.15) is 0 Å². The summed E-state index contributed by atoms with van der Waals surface area (Å²) in [5.74, 6) is -0.150. The highest BCUT2D eigenvalue weighted by atomic mass is 16.3. The van der Waals surface area contributed by atoms with Gasteiger partial charge in [-0.1, -0.05) is 0 Å². The van der Waals surface area contributed by atoms with E-state index in [9.17, 15) is 4.79 Å². The number of amides is 1. The summed E-state index contributed by atoms with van der Waals surface area (Å²) in [7, 11) is 0. The second-order valence-electron chi connectivity index (χ2n) is 5.53. The van der Waals surface area contributed by atoms with Crippen LogP contribution in [0.5, 0.6) is 0 Å². The zero-order valence-electron chi connectivity index (χ0n) is 13.1. The molecular weight excluding hydrogens is 282 g/mol. The Morgan fingerprint density at radius 1 is 1.18 bits per heavy atom. The van der Waals surface area contributed by atoms with E-state index in [-0.39, 0.29) is 32.2 Å². The number of nitrogens with zero attached hydrogens (tertiary/aromatic N) is 2. The molecule has 0 radical (unpaired) electrons. The summed E-state index contributed by atoms with van der Waals surface area (Å²) in [5.41, 5.74) is 2.69. The first-order valence-corrected chi connectivity index (χ1v) is 7.74. The first kappa shape index (κ1) is 16.7. The molecule has 6 nitrogen and oxygen atoms in total. The van der Waals surface area contributed by atoms with Crippen LogP contribution in [0.4, 0.5) is 5.69 Å². The lowest BCUT2D eigenvalue weighted by molar-refractivity contribution is 0.0685. The van der Waals surface area contributed by atoms with Gasteiger partial charge < -0.3 is 25.3 Å². The van der Waals surface area contributed by atoms with E-state index in [1.807, 2.05) is 19.1 Å². The number of rotatable bonds is 6. The van der Waals surface area contributed by atoms with E-state index in [0.29, 0.717) is 5.56 Å². The third kappa shape index (κ3) is 4.19. The monoisotopic (exact) mass is 307 g/mol. The largest absolute Gasteiger partial charge is 0.395 e. The SMILES string of the molecule is Cc1cc(C(=O)N(CCO)CCO)cc(N2CCNCC2)c1. The molecule has 3 N–H and O–H groups in total. The predicted octanol–water partition coefficient (Wildman–Crippen LogP) is -0.169. The molecule has 1 aliphatic heterocycles. The van der Waals surface area contributed by atoms with E-state index in [2.05, 4.69) is 16.3 Å². The topological polar surface area (TPSA) is 76.0 Å². The molecule has 1 saturated heterocycles. The van der Waals surface area contributed by atoms with Gasteiger partial charge >= 0.3 is 0 Å². The van der Waals surface area contributed by atoms with Crippen LogP contribution in [0.2, 0.25) is 0 Å². The molecule has 0 unspecified atom stereocenters. The Morgan fingerprint density at radius 3 is 2.41 bits per heavy atom. The van der Waals surface area contributed by atoms with Crippen molar-refractivity contribution in [2.45, 2.75) is 6.92 Å². The molecule has 1 aromatic rings. The minimum atomic E-state index is -0.150. The minimum absolute atomic E-state index is 0.109. The van der Waals surface area contributed by atoms with Crippen molar-refractivity contribution in [3.8, 4) is 0 Å². The number of aliphatic hydroxyl groups is 2. The van der Waals surface area contributed by atoms with Crippen LogP contribution >= 0.6 is 0 Å². The van der Waals surface area contributed by atoms with Crippen LogP contribution in [-0.2, 0) is 0 Å². The molecule has 0 atom stereocenters. The Kier molecular flexibility index (Phi) is 6.18. The summed E-state index contributed by atoms with van der Waals surface area (Å²) in [4.78, 5) is 16.3. The van der Waals surface area contributed by atoms with Gasteiger partial charge in [-0.25, -0.2) is 0 Å². The van der Waals surface area contributed by atoms with E-state index >= 15 is 0 Å². The molecule has 0 saturated carbocycles. The number of carbonyl (C=O) groups excluding carboxylic acids is 1. The molecule has 0 aliphatic carbocycles. The van der Waals surface area contributed by atoms with Gasteiger partial charge in [0.2, 0.25) is 0 Å². The molecular formula is C16H25N3O3. The number of hydrogen-bond donors (Lipinski definition) is 3. The summed E-state index contributed by atoms with van der Waals surface area (Å²) in [5, 5.41) is 21.5. The fraction of sp³-hybridized carbons (Fsp3) is 0.562. The average molecular weight is 307 g/mol. The van der Waals surface area contributed by atoms with Crippen molar-refractivity contribution < 1.29 is 15.0 Å². The molecule has 22 heavy (non-hydrogen) atoms. The lowest BCUT2D eigenvalue weighted by Crippen LogP contribution is -2.43. The summed E-state index contributed by atoms with van der Waals surface area (Å²) < 4.78 is 0. The Labute approximate surface area is 131 Å². The van der Waals surface area contributed by atoms with Crippen molar-refractivity contribution >= 4 is 11.6 Å². The Morgan fingerprint density at radius 2 is 1.82 bits per heavy atom. The number of piperazine rings is 1. The zero-order chi connectivity index (χ0) is 15.9. The van der Waals surface area contributed by atoms with Crippen molar-refractivity contribution in [2.24, 2.45) is 0 Å². The first-order chi connectivity index (χ1) is 10.7. The molecule has 1 amide bonds. The van der Waals surface area contributed by atoms with Crippen LogP contribution in [0, 0.1) is 6.92 Å². The number of aryl methyl sites for hydroxylation is 1. The van der Waals surface area contributed by atoms with Crippen molar-refractivity contribution in [3.63, 3.8) is 0 Å². The Hall–Kier alpha value is -1.63. The average Bonchev–Trinajstić information content (AvgIpc) is 2.54. The molecule has 1 aliphatic rings. The molecule has 1 heterocycles. The maximum Gasteiger partial charge on any atom is 0.254 e. The van der Waals surface area contributed by atoms with Gasteiger partial charge in [-0.05, 0) is 30.7 Å². The number of hydrogen-bond acceptors (Lipinski definition) is 5. The summed E-state index contributed by atoms with van der Waals surface area (Å²) in [6.45, 7) is 5.96. The van der Waals surface area contributed by atoms with Crippen molar-refractivity contribution in [2.75, 3.05) is 57.4 Å². The van der Waals surface area contributed by atoms with E-state index in [1.54, 1.807) is 0 Å². The first-order valence-electron chi connectivity index (χ1n) is 7.74. The highest BCUT2D eigenvalue weighted by Crippen LogP contribution is 2.20. The van der Waals surface area contributed by atoms with Gasteiger partial charge in [-0.15, -0.1) is 0 Å². The van der Waals surface area contributed by atoms with E-state index in [1.165, 1.54) is 4.90 Å². The van der Waals surface area contributed by atoms with E-state index in [0.717, 1.165) is 37.4 Å². The standard InChI is InChI=1S/C16H25N3O3/c1-13-10-14(16(22)19(6-8-20)7-9-21)12-15(11-13)18-4-2-17-3-5-18/h10-12,17,20-21H,2-9H2,1H3. The molecule has 2 rings (SSSR count). The van der Waals surface area contributed by atoms with Gasteiger partial charge in [0, 0.05) is 50.5 Å². The summed E-state index contributed by atoms with van der Waals surface area (Å²) in [6.07, 6.45) is 0. The van der Waals surface area contributed by atoms with E-state index < -0.39 is 0 Å². The van der Waals surface area contributed by atoms with Gasteiger partial charge in [0.05, 0.1) is 13.2 Å². The maximum absolute atomic E-state index is 12.6. The Bertz CT molecular complexity index is 495. The highest BCUT2D eigenvalue weighted by Gasteiger charge is 2.18. The molecule has 0 spiro atoms. The van der Waals surface area contributed by atoms with Crippen molar-refractivity contribution in [1.29, 1.82) is 0 Å². The van der Waals surface area contributed by atoms with Crippen LogP contribution in [0.25, 0.3) is 0 Å². The zero-order valence-corrected chi connectivity index (χ0v) is 13.1. The number of benzene rings is 1. The fourth-order valence-electron chi connectivity index (χ4n) is 2.73. The van der Waals surface area contributed by atoms with Crippen LogP contribution in [0.15, 0.2) is 18.2 Å². The van der Waals surface area contributed by atoms with Crippen molar-refractivity contribution in [3.05, 3.63) is 29.3 Å². The predicted molar refractivity (Wildman–Crippen MR) is 86.3 cm³/mol. The van der Waals surface area contributed by atoms with Gasteiger partial charge in [-0.2, -0.15) is 0 Å². The molecule has 0 aromatic heterocycles. The molecule has 1 aromatic carbocycles. The lowest BCUT2D eigenvalue weighted by Gasteiger charge is -2.30. The third-order valence-electron chi connectivity index (χ3n) is 3.82. The van der Waals surface area contributed by atoms with Gasteiger partial charge in [0.15, 0.2) is 0 Å². The molecule has 6 heteroatoms. The van der Waals surface area contributed by atoms with Crippen LogP contribution in [0.3, 0.4) is 0 Å². The number of nitrogens with one attached hydrogen (secondary N) is 1. The number of anilines is 1. The molecule has 1 fully saturated rings. The van der Waals surface area contributed by atoms with Crippen molar-refractivity contribution in [1.82, 2.24) is 10.2 Å². The molecule has 122 valence electrons. The highest BCUT2D eigenvalue weighted by molar-refractivity contribution is 5.95. The lowest BCUT2D eigenvalue weighted by atomic mass is 10.1. The smallest absolute Gasteiger partial charge is 0.254 e. The second-order valence-corrected chi connectivity index (χ2v) is 5.53. The third-order valence-corrected chi connectivity index (χ3v) is 3.82. The quantitative estimate of drug-likeness (QED) is 0.680. The maximum atomic E-state index is 12.6. The van der Waals surface area contributed by atoms with E-state index in [4.69, 9.17) is 10.2 Å². The summed E-state index contributed by atoms with van der Waals surface area (Å²) in [6, 6.07) is 5.85. The fourth-order valence-corrected chi connectivity index (χ4v) is 2.73. The number of carbonyl (C=O) groups is 1. The Balaban J connectivity index is 2.22. The normalized spacial score (nSPS) is 15.0. The minimum Gasteiger partial charge on any atom is -0.395 e.